The van der Waals surface area contributed by atoms with E-state index in [-0.39, 0.29) is 17.3 Å². The number of hydrogen-bond donors (Lipinski definition) is 0. The molecule has 2 aromatic rings. The summed E-state index contributed by atoms with van der Waals surface area (Å²) in [4.78, 5) is 17.9. The number of amides is 1. The molecule has 1 aliphatic rings. The second-order valence-electron chi connectivity index (χ2n) is 5.89. The minimum Gasteiger partial charge on any atom is -0.336 e. The van der Waals surface area contributed by atoms with Gasteiger partial charge in [0.05, 0.1) is 16.6 Å². The summed E-state index contributed by atoms with van der Waals surface area (Å²) in [5.41, 5.74) is 1.28. The van der Waals surface area contributed by atoms with E-state index in [2.05, 4.69) is 10.1 Å². The van der Waals surface area contributed by atoms with Gasteiger partial charge in [-0.15, -0.1) is 0 Å². The first-order valence-electron chi connectivity index (χ1n) is 7.37. The van der Waals surface area contributed by atoms with Crippen LogP contribution in [0.3, 0.4) is 0 Å². The Bertz CT molecular complexity index is 750. The van der Waals surface area contributed by atoms with Crippen LogP contribution < -0.4 is 0 Å². The van der Waals surface area contributed by atoms with Crippen LogP contribution in [-0.2, 0) is 0 Å². The molecule has 1 aliphatic carbocycles. The van der Waals surface area contributed by atoms with Crippen molar-refractivity contribution in [2.45, 2.75) is 45.3 Å². The molecule has 124 valence electrons. The maximum absolute atomic E-state index is 12.9. The highest BCUT2D eigenvalue weighted by Gasteiger charge is 2.39. The van der Waals surface area contributed by atoms with Crippen LogP contribution in [0.4, 0.5) is 13.2 Å². The Morgan fingerprint density at radius 1 is 1.39 bits per heavy atom. The van der Waals surface area contributed by atoms with Gasteiger partial charge in [-0.25, -0.2) is 4.98 Å². The molecule has 0 aliphatic heterocycles. The number of aryl methyl sites for hydroxylation is 2. The number of nitrogens with zero attached hydrogens (tertiary/aromatic N) is 3. The van der Waals surface area contributed by atoms with Crippen molar-refractivity contribution in [1.29, 1.82) is 0 Å². The zero-order chi connectivity index (χ0) is 16.8. The highest BCUT2D eigenvalue weighted by Crippen LogP contribution is 2.31. The normalized spacial score (nSPS) is 15.7. The molecule has 1 fully saturated rings. The standard InChI is InChI=1S/C15H16F3N3O2/c1-8-6-11(12-9(2)20-23-13(12)19-8)14(22)21(7-15(16,17)18)10-4-3-5-10/h6,10H,3-5,7H2,1-2H3. The number of rotatable bonds is 3. The summed E-state index contributed by atoms with van der Waals surface area (Å²) in [5, 5.41) is 4.14. The van der Waals surface area contributed by atoms with Gasteiger partial charge in [0.15, 0.2) is 0 Å². The molecule has 0 saturated heterocycles. The molecular formula is C15H16F3N3O2. The van der Waals surface area contributed by atoms with E-state index in [0.717, 1.165) is 11.3 Å². The van der Waals surface area contributed by atoms with Crippen LogP contribution in [-0.4, -0.2) is 39.7 Å². The topological polar surface area (TPSA) is 59.2 Å². The monoisotopic (exact) mass is 327 g/mol. The van der Waals surface area contributed by atoms with E-state index in [4.69, 9.17) is 4.52 Å². The van der Waals surface area contributed by atoms with Gasteiger partial charge in [0.25, 0.3) is 11.6 Å². The lowest BCUT2D eigenvalue weighted by Gasteiger charge is -2.38. The molecular weight excluding hydrogens is 311 g/mol. The summed E-state index contributed by atoms with van der Waals surface area (Å²) < 4.78 is 43.7. The number of carbonyl (C=O) groups excluding carboxylic acids is 1. The largest absolute Gasteiger partial charge is 0.406 e. The predicted octanol–water partition coefficient (Wildman–Crippen LogP) is 3.40. The summed E-state index contributed by atoms with van der Waals surface area (Å²) >= 11 is 0. The number of aromatic nitrogens is 2. The summed E-state index contributed by atoms with van der Waals surface area (Å²) in [6.45, 7) is 2.05. The van der Waals surface area contributed by atoms with E-state index < -0.39 is 18.6 Å². The van der Waals surface area contributed by atoms with Crippen molar-refractivity contribution in [2.75, 3.05) is 6.54 Å². The third-order valence-electron chi connectivity index (χ3n) is 4.10. The van der Waals surface area contributed by atoms with Crippen molar-refractivity contribution in [3.8, 4) is 0 Å². The Balaban J connectivity index is 2.04. The first-order valence-corrected chi connectivity index (χ1v) is 7.37. The van der Waals surface area contributed by atoms with Gasteiger partial charge in [0.2, 0.25) is 0 Å². The van der Waals surface area contributed by atoms with Crippen LogP contribution in [0.2, 0.25) is 0 Å². The minimum atomic E-state index is -4.43. The Morgan fingerprint density at radius 3 is 2.65 bits per heavy atom. The number of pyridine rings is 1. The number of halogens is 3. The van der Waals surface area contributed by atoms with Gasteiger partial charge in [0, 0.05) is 11.7 Å². The quantitative estimate of drug-likeness (QED) is 0.867. The van der Waals surface area contributed by atoms with E-state index in [9.17, 15) is 18.0 Å². The van der Waals surface area contributed by atoms with E-state index in [1.807, 2.05) is 0 Å². The van der Waals surface area contributed by atoms with Gasteiger partial charge in [-0.1, -0.05) is 5.16 Å². The van der Waals surface area contributed by atoms with Crippen LogP contribution in [0, 0.1) is 13.8 Å². The van der Waals surface area contributed by atoms with Crippen molar-refractivity contribution in [3.63, 3.8) is 0 Å². The zero-order valence-corrected chi connectivity index (χ0v) is 12.8. The van der Waals surface area contributed by atoms with Gasteiger partial charge < -0.3 is 9.42 Å². The number of fused-ring (bicyclic) bond motifs is 1. The lowest BCUT2D eigenvalue weighted by Crippen LogP contribution is -2.48. The number of alkyl halides is 3. The maximum atomic E-state index is 12.9. The highest BCUT2D eigenvalue weighted by atomic mass is 19.4. The maximum Gasteiger partial charge on any atom is 0.406 e. The molecule has 2 heterocycles. The molecule has 1 amide bonds. The Kier molecular flexibility index (Phi) is 3.77. The fourth-order valence-electron chi connectivity index (χ4n) is 2.80. The molecule has 0 spiro atoms. The molecule has 3 rings (SSSR count). The van der Waals surface area contributed by atoms with Crippen LogP contribution in [0.1, 0.15) is 41.0 Å². The second kappa shape index (κ2) is 5.50. The molecule has 5 nitrogen and oxygen atoms in total. The summed E-state index contributed by atoms with van der Waals surface area (Å²) in [6, 6.07) is 1.13. The van der Waals surface area contributed by atoms with Crippen LogP contribution >= 0.6 is 0 Å². The molecule has 0 bridgehead atoms. The van der Waals surface area contributed by atoms with Crippen LogP contribution in [0.5, 0.6) is 0 Å². The van der Waals surface area contributed by atoms with Crippen molar-refractivity contribution >= 4 is 17.0 Å². The first kappa shape index (κ1) is 15.8. The molecule has 8 heteroatoms. The smallest absolute Gasteiger partial charge is 0.336 e. The Morgan fingerprint density at radius 2 is 2.09 bits per heavy atom. The molecule has 2 aromatic heterocycles. The average Bonchev–Trinajstić information content (AvgIpc) is 2.74. The van der Waals surface area contributed by atoms with Gasteiger partial charge in [-0.05, 0) is 39.2 Å². The van der Waals surface area contributed by atoms with Crippen LogP contribution in [0.15, 0.2) is 10.6 Å². The van der Waals surface area contributed by atoms with Gasteiger partial charge >= 0.3 is 6.18 Å². The fraction of sp³-hybridized carbons (Fsp3) is 0.533. The second-order valence-corrected chi connectivity index (χ2v) is 5.89. The van der Waals surface area contributed by atoms with Crippen molar-refractivity contribution < 1.29 is 22.5 Å². The highest BCUT2D eigenvalue weighted by molar-refractivity contribution is 6.06. The Hall–Kier alpha value is -2.12. The first-order chi connectivity index (χ1) is 10.8. The molecule has 0 aromatic carbocycles. The summed E-state index contributed by atoms with van der Waals surface area (Å²) in [5.74, 6) is -0.645. The Labute approximate surface area is 130 Å². The average molecular weight is 327 g/mol. The fourth-order valence-corrected chi connectivity index (χ4v) is 2.80. The number of carbonyl (C=O) groups is 1. The van der Waals surface area contributed by atoms with Gasteiger partial charge in [-0.2, -0.15) is 13.2 Å². The van der Waals surface area contributed by atoms with Crippen molar-refractivity contribution in [3.05, 3.63) is 23.0 Å². The molecule has 1 saturated carbocycles. The minimum absolute atomic E-state index is 0.169. The van der Waals surface area contributed by atoms with E-state index in [1.54, 1.807) is 13.8 Å². The molecule has 0 unspecified atom stereocenters. The predicted molar refractivity (Wildman–Crippen MR) is 76.0 cm³/mol. The summed E-state index contributed by atoms with van der Waals surface area (Å²) in [6.07, 6.45) is -2.41. The van der Waals surface area contributed by atoms with E-state index in [0.29, 0.717) is 29.6 Å². The van der Waals surface area contributed by atoms with E-state index in [1.165, 1.54) is 6.07 Å². The van der Waals surface area contributed by atoms with Gasteiger partial charge in [0.1, 0.15) is 6.54 Å². The molecule has 0 radical (unpaired) electrons. The molecule has 0 N–H and O–H groups in total. The number of hydrogen-bond acceptors (Lipinski definition) is 4. The third kappa shape index (κ3) is 3.02. The van der Waals surface area contributed by atoms with Crippen molar-refractivity contribution in [1.82, 2.24) is 15.0 Å². The zero-order valence-electron chi connectivity index (χ0n) is 12.8. The van der Waals surface area contributed by atoms with E-state index >= 15 is 0 Å². The van der Waals surface area contributed by atoms with Crippen LogP contribution in [0.25, 0.3) is 11.1 Å². The molecule has 0 atom stereocenters. The van der Waals surface area contributed by atoms with Crippen molar-refractivity contribution in [2.24, 2.45) is 0 Å². The third-order valence-corrected chi connectivity index (χ3v) is 4.10. The van der Waals surface area contributed by atoms with Gasteiger partial charge in [-0.3, -0.25) is 4.79 Å². The molecule has 23 heavy (non-hydrogen) atoms. The summed E-state index contributed by atoms with van der Waals surface area (Å²) in [7, 11) is 0. The lowest BCUT2D eigenvalue weighted by atomic mass is 9.90. The SMILES string of the molecule is Cc1cc(C(=O)N(CC(F)(F)F)C2CCC2)c2c(C)noc2n1. The lowest BCUT2D eigenvalue weighted by molar-refractivity contribution is -0.147.